The Balaban J connectivity index is 1.84. The highest BCUT2D eigenvalue weighted by Gasteiger charge is 2.20. The van der Waals surface area contributed by atoms with Gasteiger partial charge in [-0.2, -0.15) is 11.8 Å². The number of nitrogens with one attached hydrogen (secondary N) is 1. The zero-order valence-corrected chi connectivity index (χ0v) is 10.9. The van der Waals surface area contributed by atoms with Gasteiger partial charge in [-0.1, -0.05) is 13.0 Å². The molecule has 2 nitrogen and oxygen atoms in total. The van der Waals surface area contributed by atoms with Gasteiger partial charge in [0.25, 0.3) is 0 Å². The van der Waals surface area contributed by atoms with Crippen LogP contribution in [0.25, 0.3) is 0 Å². The van der Waals surface area contributed by atoms with Gasteiger partial charge in [0.05, 0.1) is 0 Å². The minimum absolute atomic E-state index is 0.667. The second-order valence-electron chi connectivity index (χ2n) is 4.51. The highest BCUT2D eigenvalue weighted by molar-refractivity contribution is 7.99. The average Bonchev–Trinajstić information content (AvgIpc) is 2.30. The normalized spacial score (nSPS) is 25.6. The molecule has 2 unspecified atom stereocenters. The summed E-state index contributed by atoms with van der Waals surface area (Å²) in [6.07, 6.45) is 4.63. The molecule has 1 fully saturated rings. The van der Waals surface area contributed by atoms with Gasteiger partial charge in [0, 0.05) is 29.7 Å². The zero-order valence-electron chi connectivity index (χ0n) is 10.1. The molecule has 3 heteroatoms. The summed E-state index contributed by atoms with van der Waals surface area (Å²) in [6, 6.07) is 4.91. The van der Waals surface area contributed by atoms with E-state index in [9.17, 15) is 0 Å². The van der Waals surface area contributed by atoms with Gasteiger partial charge in [0.1, 0.15) is 0 Å². The van der Waals surface area contributed by atoms with Crippen molar-refractivity contribution in [2.75, 3.05) is 5.75 Å². The second kappa shape index (κ2) is 5.69. The van der Waals surface area contributed by atoms with Crippen molar-refractivity contribution >= 4 is 11.8 Å². The standard InChI is InChI=1S/C13H20N2S/c1-10-5-6-12(8-14-10)9-15-13-4-3-7-16-11(13)2/h5-6,8,11,13,15H,3-4,7,9H2,1-2H3. The molecule has 0 aromatic carbocycles. The molecule has 0 saturated carbocycles. The monoisotopic (exact) mass is 236 g/mol. The quantitative estimate of drug-likeness (QED) is 0.873. The molecule has 2 rings (SSSR count). The van der Waals surface area contributed by atoms with E-state index in [2.05, 4.69) is 41.1 Å². The maximum atomic E-state index is 4.32. The van der Waals surface area contributed by atoms with Crippen LogP contribution in [0.1, 0.15) is 31.0 Å². The van der Waals surface area contributed by atoms with Gasteiger partial charge >= 0.3 is 0 Å². The molecule has 1 aromatic heterocycles. The minimum Gasteiger partial charge on any atom is -0.309 e. The fraction of sp³-hybridized carbons (Fsp3) is 0.615. The van der Waals surface area contributed by atoms with E-state index in [1.165, 1.54) is 24.2 Å². The minimum atomic E-state index is 0.667. The van der Waals surface area contributed by atoms with E-state index in [1.807, 2.05) is 13.1 Å². The molecule has 88 valence electrons. The van der Waals surface area contributed by atoms with E-state index in [0.717, 1.165) is 17.5 Å². The first kappa shape index (κ1) is 11.9. The molecule has 16 heavy (non-hydrogen) atoms. The number of nitrogens with zero attached hydrogens (tertiary/aromatic N) is 1. The third-order valence-electron chi connectivity index (χ3n) is 3.15. The van der Waals surface area contributed by atoms with Crippen LogP contribution in [0.5, 0.6) is 0 Å². The van der Waals surface area contributed by atoms with Gasteiger partial charge in [-0.15, -0.1) is 0 Å². The van der Waals surface area contributed by atoms with Crippen LogP contribution in [-0.2, 0) is 6.54 Å². The van der Waals surface area contributed by atoms with Gasteiger partial charge in [0.2, 0.25) is 0 Å². The lowest BCUT2D eigenvalue weighted by Crippen LogP contribution is -2.38. The maximum Gasteiger partial charge on any atom is 0.0372 e. The van der Waals surface area contributed by atoms with Crippen LogP contribution in [0.4, 0.5) is 0 Å². The number of hydrogen-bond donors (Lipinski definition) is 1. The fourth-order valence-electron chi connectivity index (χ4n) is 2.04. The zero-order chi connectivity index (χ0) is 11.4. The Morgan fingerprint density at radius 2 is 2.38 bits per heavy atom. The van der Waals surface area contributed by atoms with Crippen molar-refractivity contribution in [1.82, 2.24) is 10.3 Å². The summed E-state index contributed by atoms with van der Waals surface area (Å²) in [4.78, 5) is 4.32. The van der Waals surface area contributed by atoms with E-state index in [4.69, 9.17) is 0 Å². The van der Waals surface area contributed by atoms with Crippen molar-refractivity contribution in [2.24, 2.45) is 0 Å². The van der Waals surface area contributed by atoms with Crippen LogP contribution < -0.4 is 5.32 Å². The summed E-state index contributed by atoms with van der Waals surface area (Å²) in [6.45, 7) is 5.30. The third-order valence-corrected chi connectivity index (χ3v) is 4.53. The Morgan fingerprint density at radius 3 is 3.06 bits per heavy atom. The summed E-state index contributed by atoms with van der Waals surface area (Å²) in [5.74, 6) is 1.32. The maximum absolute atomic E-state index is 4.32. The molecule has 2 heterocycles. The summed E-state index contributed by atoms with van der Waals surface area (Å²) in [5.41, 5.74) is 2.37. The topological polar surface area (TPSA) is 24.9 Å². The third kappa shape index (κ3) is 3.22. The molecule has 1 aliphatic rings. The molecule has 1 aliphatic heterocycles. The Morgan fingerprint density at radius 1 is 1.50 bits per heavy atom. The number of thioether (sulfide) groups is 1. The van der Waals surface area contributed by atoms with Gasteiger partial charge in [-0.05, 0) is 37.1 Å². The van der Waals surface area contributed by atoms with Crippen LogP contribution in [0, 0.1) is 6.92 Å². The molecule has 2 atom stereocenters. The van der Waals surface area contributed by atoms with Gasteiger partial charge in [-0.25, -0.2) is 0 Å². The number of pyridine rings is 1. The molecule has 1 saturated heterocycles. The van der Waals surface area contributed by atoms with Crippen LogP contribution >= 0.6 is 11.8 Å². The summed E-state index contributed by atoms with van der Waals surface area (Å²) >= 11 is 2.09. The Bertz CT molecular complexity index is 323. The molecule has 0 amide bonds. The van der Waals surface area contributed by atoms with Crippen molar-refractivity contribution in [1.29, 1.82) is 0 Å². The smallest absolute Gasteiger partial charge is 0.0372 e. The fourth-order valence-corrected chi connectivity index (χ4v) is 3.21. The number of rotatable bonds is 3. The van der Waals surface area contributed by atoms with Crippen molar-refractivity contribution in [3.63, 3.8) is 0 Å². The molecule has 0 radical (unpaired) electrons. The summed E-state index contributed by atoms with van der Waals surface area (Å²) in [5, 5.41) is 4.39. The van der Waals surface area contributed by atoms with E-state index in [1.54, 1.807) is 0 Å². The molecular formula is C13H20N2S. The Hall–Kier alpha value is -0.540. The average molecular weight is 236 g/mol. The van der Waals surface area contributed by atoms with E-state index in [0.29, 0.717) is 6.04 Å². The molecule has 0 spiro atoms. The predicted molar refractivity (Wildman–Crippen MR) is 70.8 cm³/mol. The van der Waals surface area contributed by atoms with Crippen molar-refractivity contribution in [2.45, 2.75) is 44.5 Å². The van der Waals surface area contributed by atoms with E-state index in [-0.39, 0.29) is 0 Å². The highest BCUT2D eigenvalue weighted by Crippen LogP contribution is 2.25. The Kier molecular flexibility index (Phi) is 4.24. The first-order valence-corrected chi connectivity index (χ1v) is 7.07. The molecule has 1 N–H and O–H groups in total. The molecular weight excluding hydrogens is 216 g/mol. The van der Waals surface area contributed by atoms with Crippen molar-refractivity contribution in [3.05, 3.63) is 29.6 Å². The van der Waals surface area contributed by atoms with Crippen LogP contribution in [-0.4, -0.2) is 22.0 Å². The largest absolute Gasteiger partial charge is 0.309 e. The lowest BCUT2D eigenvalue weighted by molar-refractivity contribution is 0.461. The first-order chi connectivity index (χ1) is 7.75. The number of hydrogen-bond acceptors (Lipinski definition) is 3. The van der Waals surface area contributed by atoms with Crippen LogP contribution in [0.3, 0.4) is 0 Å². The number of aryl methyl sites for hydroxylation is 1. The predicted octanol–water partition coefficient (Wildman–Crippen LogP) is 2.76. The highest BCUT2D eigenvalue weighted by atomic mass is 32.2. The molecule has 0 bridgehead atoms. The van der Waals surface area contributed by atoms with E-state index >= 15 is 0 Å². The van der Waals surface area contributed by atoms with Gasteiger partial charge in [0.15, 0.2) is 0 Å². The van der Waals surface area contributed by atoms with Crippen LogP contribution in [0.15, 0.2) is 18.3 Å². The molecule has 0 aliphatic carbocycles. The van der Waals surface area contributed by atoms with Gasteiger partial charge in [-0.3, -0.25) is 4.98 Å². The SMILES string of the molecule is Cc1ccc(CNC2CCCSC2C)cn1. The van der Waals surface area contributed by atoms with Crippen LogP contribution in [0.2, 0.25) is 0 Å². The molecule has 1 aromatic rings. The number of aromatic nitrogens is 1. The summed E-state index contributed by atoms with van der Waals surface area (Å²) < 4.78 is 0. The van der Waals surface area contributed by atoms with Gasteiger partial charge < -0.3 is 5.32 Å². The van der Waals surface area contributed by atoms with Crippen molar-refractivity contribution in [3.8, 4) is 0 Å². The van der Waals surface area contributed by atoms with Crippen molar-refractivity contribution < 1.29 is 0 Å². The summed E-state index contributed by atoms with van der Waals surface area (Å²) in [7, 11) is 0. The first-order valence-electron chi connectivity index (χ1n) is 6.02. The lowest BCUT2D eigenvalue weighted by atomic mass is 10.1. The lowest BCUT2D eigenvalue weighted by Gasteiger charge is -2.29. The Labute approximate surface area is 102 Å². The van der Waals surface area contributed by atoms with E-state index < -0.39 is 0 Å². The second-order valence-corrected chi connectivity index (χ2v) is 6.00.